The highest BCUT2D eigenvalue weighted by atomic mass is 32.2. The molecule has 1 aromatic carbocycles. The number of hydrogen-bond acceptors (Lipinski definition) is 9. The molecule has 1 aliphatic heterocycles. The number of piperazine rings is 1. The zero-order chi connectivity index (χ0) is 21.8. The van der Waals surface area contributed by atoms with Crippen molar-refractivity contribution in [3.8, 4) is 0 Å². The van der Waals surface area contributed by atoms with E-state index in [1.807, 2.05) is 29.2 Å². The summed E-state index contributed by atoms with van der Waals surface area (Å²) in [7, 11) is -3.72. The van der Waals surface area contributed by atoms with Crippen LogP contribution in [0.4, 0.5) is 23.1 Å². The fourth-order valence-corrected chi connectivity index (χ4v) is 4.60. The first kappa shape index (κ1) is 20.6. The lowest BCUT2D eigenvalue weighted by atomic mass is 10.3. The summed E-state index contributed by atoms with van der Waals surface area (Å²) in [6.07, 6.45) is 1.67. The number of aromatic nitrogens is 3. The van der Waals surface area contributed by atoms with Crippen LogP contribution >= 0.6 is 0 Å². The number of anilines is 3. The summed E-state index contributed by atoms with van der Waals surface area (Å²) < 4.78 is 27.0. The number of nitrogens with zero attached hydrogens (tertiary/aromatic N) is 6. The van der Waals surface area contributed by atoms with Gasteiger partial charge in [0.25, 0.3) is 5.69 Å². The van der Waals surface area contributed by atoms with Crippen molar-refractivity contribution in [2.24, 2.45) is 0 Å². The summed E-state index contributed by atoms with van der Waals surface area (Å²) in [5.41, 5.74) is -0.150. The minimum Gasteiger partial charge on any atom is -0.352 e. The number of non-ortho nitro benzene ring substituents is 1. The highest BCUT2D eigenvalue weighted by molar-refractivity contribution is 7.89. The first-order valence-corrected chi connectivity index (χ1v) is 10.9. The minimum absolute atomic E-state index is 0.0382. The van der Waals surface area contributed by atoms with Crippen LogP contribution in [0.3, 0.4) is 0 Å². The molecule has 0 bridgehead atoms. The second-order valence-electron chi connectivity index (χ2n) is 6.76. The Balaban J connectivity index is 1.38. The van der Waals surface area contributed by atoms with Crippen molar-refractivity contribution in [1.29, 1.82) is 0 Å². The Bertz CT molecular complexity index is 1150. The molecule has 31 heavy (non-hydrogen) atoms. The van der Waals surface area contributed by atoms with Gasteiger partial charge in [-0.1, -0.05) is 6.07 Å². The third kappa shape index (κ3) is 4.59. The Hall–Kier alpha value is -3.64. The van der Waals surface area contributed by atoms with Gasteiger partial charge in [0.1, 0.15) is 5.82 Å². The molecule has 160 valence electrons. The topological polar surface area (TPSA) is 134 Å². The molecule has 3 aromatic rings. The van der Waals surface area contributed by atoms with Crippen LogP contribution in [0.5, 0.6) is 0 Å². The summed E-state index contributed by atoms with van der Waals surface area (Å²) in [5.74, 6) is 1.87. The number of sulfonamides is 1. The summed E-state index contributed by atoms with van der Waals surface area (Å²) in [4.78, 5) is 16.4. The lowest BCUT2D eigenvalue weighted by Gasteiger charge is -2.34. The lowest BCUT2D eigenvalue weighted by molar-refractivity contribution is -0.384. The third-order valence-corrected chi connectivity index (χ3v) is 6.73. The number of benzene rings is 1. The Labute approximate surface area is 178 Å². The van der Waals surface area contributed by atoms with Crippen LogP contribution in [-0.4, -0.2) is 59.0 Å². The van der Waals surface area contributed by atoms with Gasteiger partial charge in [-0.15, -0.1) is 10.2 Å². The molecule has 1 N–H and O–H groups in total. The molecule has 1 fully saturated rings. The van der Waals surface area contributed by atoms with Crippen molar-refractivity contribution in [3.05, 3.63) is 70.9 Å². The van der Waals surface area contributed by atoms with Crippen LogP contribution in [0.2, 0.25) is 0 Å². The molecular formula is C19H19N7O4S. The first-order chi connectivity index (χ1) is 14.9. The molecule has 1 aliphatic rings. The monoisotopic (exact) mass is 441 g/mol. The Morgan fingerprint density at radius 1 is 0.903 bits per heavy atom. The predicted molar refractivity (Wildman–Crippen MR) is 114 cm³/mol. The van der Waals surface area contributed by atoms with Gasteiger partial charge in [0, 0.05) is 44.5 Å². The second-order valence-corrected chi connectivity index (χ2v) is 8.70. The van der Waals surface area contributed by atoms with Crippen molar-refractivity contribution in [1.82, 2.24) is 19.5 Å². The maximum atomic E-state index is 12.8. The van der Waals surface area contributed by atoms with Crippen LogP contribution in [0.15, 0.2) is 65.7 Å². The van der Waals surface area contributed by atoms with E-state index in [0.29, 0.717) is 30.5 Å². The standard InChI is InChI=1S/C19H19N7O4S/c27-26(28)15-4-6-16(7-5-15)31(29,30)25-13-11-24(12-14-25)19-9-8-18(22-23-19)21-17-3-1-2-10-20-17/h1-10H,11-14H2,(H,20,21,22). The quantitative estimate of drug-likeness (QED) is 0.450. The van der Waals surface area contributed by atoms with Gasteiger partial charge in [0.15, 0.2) is 11.6 Å². The largest absolute Gasteiger partial charge is 0.352 e. The molecule has 0 saturated carbocycles. The van der Waals surface area contributed by atoms with E-state index in [-0.39, 0.29) is 23.7 Å². The molecule has 12 heteroatoms. The summed E-state index contributed by atoms with van der Waals surface area (Å²) in [6.45, 7) is 1.45. The zero-order valence-corrected chi connectivity index (χ0v) is 17.1. The number of pyridine rings is 1. The molecule has 0 aliphatic carbocycles. The normalized spacial score (nSPS) is 14.9. The Morgan fingerprint density at radius 2 is 1.65 bits per heavy atom. The van der Waals surface area contributed by atoms with Crippen molar-refractivity contribution < 1.29 is 13.3 Å². The molecule has 11 nitrogen and oxygen atoms in total. The van der Waals surface area contributed by atoms with Crippen LogP contribution < -0.4 is 10.2 Å². The molecule has 2 aromatic heterocycles. The van der Waals surface area contributed by atoms with E-state index in [1.165, 1.54) is 28.6 Å². The molecule has 0 unspecified atom stereocenters. The summed E-state index contributed by atoms with van der Waals surface area (Å²) >= 11 is 0. The van der Waals surface area contributed by atoms with Gasteiger partial charge in [0.05, 0.1) is 9.82 Å². The highest BCUT2D eigenvalue weighted by Crippen LogP contribution is 2.22. The average Bonchev–Trinajstić information content (AvgIpc) is 2.80. The van der Waals surface area contributed by atoms with Gasteiger partial charge in [-0.3, -0.25) is 10.1 Å². The number of nitro benzene ring substituents is 1. The van der Waals surface area contributed by atoms with Crippen molar-refractivity contribution >= 4 is 33.2 Å². The van der Waals surface area contributed by atoms with Gasteiger partial charge in [-0.2, -0.15) is 4.31 Å². The predicted octanol–water partition coefficient (Wildman–Crippen LogP) is 2.03. The van der Waals surface area contributed by atoms with Gasteiger partial charge in [-0.25, -0.2) is 13.4 Å². The Kier molecular flexibility index (Phi) is 5.73. The second kappa shape index (κ2) is 8.62. The maximum absolute atomic E-state index is 12.8. The van der Waals surface area contributed by atoms with E-state index < -0.39 is 14.9 Å². The number of nitrogens with one attached hydrogen (secondary N) is 1. The summed E-state index contributed by atoms with van der Waals surface area (Å²) in [6, 6.07) is 14.0. The molecule has 4 rings (SSSR count). The van der Waals surface area contributed by atoms with Crippen LogP contribution in [0.25, 0.3) is 0 Å². The lowest BCUT2D eigenvalue weighted by Crippen LogP contribution is -2.48. The van der Waals surface area contributed by atoms with Crippen LogP contribution in [0, 0.1) is 10.1 Å². The zero-order valence-electron chi connectivity index (χ0n) is 16.3. The number of rotatable bonds is 6. The fourth-order valence-electron chi connectivity index (χ4n) is 3.17. The highest BCUT2D eigenvalue weighted by Gasteiger charge is 2.29. The molecule has 0 atom stereocenters. The minimum atomic E-state index is -3.72. The molecule has 3 heterocycles. The van der Waals surface area contributed by atoms with E-state index in [2.05, 4.69) is 20.5 Å². The molecular weight excluding hydrogens is 422 g/mol. The maximum Gasteiger partial charge on any atom is 0.269 e. The first-order valence-electron chi connectivity index (χ1n) is 9.45. The van der Waals surface area contributed by atoms with E-state index in [1.54, 1.807) is 12.3 Å². The Morgan fingerprint density at radius 3 is 2.23 bits per heavy atom. The van der Waals surface area contributed by atoms with E-state index in [4.69, 9.17) is 0 Å². The SMILES string of the molecule is O=[N+]([O-])c1ccc(S(=O)(=O)N2CCN(c3ccc(Nc4ccccn4)nn3)CC2)cc1. The van der Waals surface area contributed by atoms with Crippen LogP contribution in [-0.2, 0) is 10.0 Å². The summed E-state index contributed by atoms with van der Waals surface area (Å²) in [5, 5.41) is 22.2. The molecule has 1 saturated heterocycles. The average molecular weight is 441 g/mol. The smallest absolute Gasteiger partial charge is 0.269 e. The van der Waals surface area contributed by atoms with Gasteiger partial charge < -0.3 is 10.2 Å². The fraction of sp³-hybridized carbons (Fsp3) is 0.211. The number of hydrogen-bond donors (Lipinski definition) is 1. The van der Waals surface area contributed by atoms with Crippen molar-refractivity contribution in [2.45, 2.75) is 4.90 Å². The van der Waals surface area contributed by atoms with E-state index in [9.17, 15) is 18.5 Å². The van der Waals surface area contributed by atoms with E-state index in [0.717, 1.165) is 0 Å². The molecule has 0 radical (unpaired) electrons. The van der Waals surface area contributed by atoms with Gasteiger partial charge in [0.2, 0.25) is 10.0 Å². The third-order valence-electron chi connectivity index (χ3n) is 4.82. The van der Waals surface area contributed by atoms with E-state index >= 15 is 0 Å². The number of nitro groups is 1. The van der Waals surface area contributed by atoms with Crippen molar-refractivity contribution in [3.63, 3.8) is 0 Å². The molecule has 0 amide bonds. The molecule has 0 spiro atoms. The van der Waals surface area contributed by atoms with Gasteiger partial charge in [-0.05, 0) is 36.4 Å². The van der Waals surface area contributed by atoms with Crippen LogP contribution in [0.1, 0.15) is 0 Å². The van der Waals surface area contributed by atoms with Gasteiger partial charge >= 0.3 is 0 Å². The van der Waals surface area contributed by atoms with Crippen molar-refractivity contribution in [2.75, 3.05) is 36.4 Å².